The van der Waals surface area contributed by atoms with Gasteiger partial charge >= 0.3 is 6.09 Å². The summed E-state index contributed by atoms with van der Waals surface area (Å²) < 4.78 is 6.20. The number of alkyl carbamates (subject to hydrolysis) is 1. The van der Waals surface area contributed by atoms with Crippen molar-refractivity contribution in [2.45, 2.75) is 32.9 Å². The molecule has 0 aliphatic heterocycles. The van der Waals surface area contributed by atoms with Crippen molar-refractivity contribution >= 4 is 17.8 Å². The lowest BCUT2D eigenvalue weighted by Crippen LogP contribution is -2.32. The van der Waals surface area contributed by atoms with Gasteiger partial charge in [-0.05, 0) is 20.8 Å². The van der Waals surface area contributed by atoms with Crippen molar-refractivity contribution in [2.24, 2.45) is 0 Å². The zero-order valence-electron chi connectivity index (χ0n) is 11.4. The van der Waals surface area contributed by atoms with E-state index in [4.69, 9.17) is 10.5 Å². The molecule has 0 radical (unpaired) electrons. The molecule has 2 heterocycles. The average molecular weight is 280 g/mol. The Morgan fingerprint density at radius 2 is 2.20 bits per heavy atom. The SMILES string of the molecule is CC(C)(C)OC(=O)NCc1cc(=O)n2[nH]c(N)nc2n1. The number of carbonyl (C=O) groups excluding carboxylic acids is 1. The topological polar surface area (TPSA) is 127 Å². The first kappa shape index (κ1) is 13.8. The second-order valence-electron chi connectivity index (χ2n) is 5.19. The van der Waals surface area contributed by atoms with Crippen LogP contribution in [0.4, 0.5) is 10.7 Å². The maximum absolute atomic E-state index is 11.7. The molecular formula is C11H16N6O3. The van der Waals surface area contributed by atoms with Gasteiger partial charge in [0.2, 0.25) is 5.95 Å². The van der Waals surface area contributed by atoms with Crippen LogP contribution in [0, 0.1) is 0 Å². The van der Waals surface area contributed by atoms with E-state index in [2.05, 4.69) is 20.4 Å². The molecule has 0 aromatic carbocycles. The summed E-state index contributed by atoms with van der Waals surface area (Å²) in [6, 6.07) is 1.28. The monoisotopic (exact) mass is 280 g/mol. The fraction of sp³-hybridized carbons (Fsp3) is 0.455. The number of nitrogens with one attached hydrogen (secondary N) is 2. The Hall–Kier alpha value is -2.58. The Labute approximate surface area is 114 Å². The van der Waals surface area contributed by atoms with Crippen LogP contribution >= 0.6 is 0 Å². The Bertz CT molecular complexity index is 696. The van der Waals surface area contributed by atoms with Crippen LogP contribution in [0.5, 0.6) is 0 Å². The zero-order chi connectivity index (χ0) is 14.9. The highest BCUT2D eigenvalue weighted by Crippen LogP contribution is 2.06. The predicted molar refractivity (Wildman–Crippen MR) is 71.1 cm³/mol. The number of fused-ring (bicyclic) bond motifs is 1. The van der Waals surface area contributed by atoms with Crippen LogP contribution in [0.3, 0.4) is 0 Å². The molecule has 4 N–H and O–H groups in total. The quantitative estimate of drug-likeness (QED) is 0.711. The van der Waals surface area contributed by atoms with Gasteiger partial charge in [0.1, 0.15) is 5.60 Å². The van der Waals surface area contributed by atoms with E-state index in [9.17, 15) is 9.59 Å². The molecule has 2 rings (SSSR count). The summed E-state index contributed by atoms with van der Waals surface area (Å²) in [5.41, 5.74) is 4.87. The number of hydrogen-bond acceptors (Lipinski definition) is 6. The van der Waals surface area contributed by atoms with Crippen LogP contribution in [0.15, 0.2) is 10.9 Å². The van der Waals surface area contributed by atoms with Crippen LogP contribution in [0.1, 0.15) is 26.5 Å². The molecule has 2 aromatic rings. The number of H-pyrrole nitrogens is 1. The van der Waals surface area contributed by atoms with Crippen molar-refractivity contribution in [2.75, 3.05) is 5.73 Å². The number of nitrogens with zero attached hydrogens (tertiary/aromatic N) is 3. The molecule has 0 unspecified atom stereocenters. The van der Waals surface area contributed by atoms with E-state index in [-0.39, 0.29) is 23.8 Å². The van der Waals surface area contributed by atoms with Gasteiger partial charge in [-0.25, -0.2) is 9.78 Å². The van der Waals surface area contributed by atoms with E-state index in [1.165, 1.54) is 6.07 Å². The number of nitrogen functional groups attached to an aromatic ring is 1. The number of rotatable bonds is 2. The first-order valence-electron chi connectivity index (χ1n) is 5.95. The maximum atomic E-state index is 11.7. The van der Waals surface area contributed by atoms with Crippen molar-refractivity contribution < 1.29 is 9.53 Å². The van der Waals surface area contributed by atoms with Crippen LogP contribution < -0.4 is 16.6 Å². The van der Waals surface area contributed by atoms with Gasteiger partial charge in [0.25, 0.3) is 11.3 Å². The Morgan fingerprint density at radius 1 is 1.50 bits per heavy atom. The van der Waals surface area contributed by atoms with E-state index in [0.717, 1.165) is 4.52 Å². The molecule has 0 aliphatic carbocycles. The third kappa shape index (κ3) is 3.25. The van der Waals surface area contributed by atoms with Crippen molar-refractivity contribution in [3.8, 4) is 0 Å². The molecule has 20 heavy (non-hydrogen) atoms. The summed E-state index contributed by atoms with van der Waals surface area (Å²) in [5, 5.41) is 5.06. The zero-order valence-corrected chi connectivity index (χ0v) is 11.4. The number of amides is 1. The highest BCUT2D eigenvalue weighted by atomic mass is 16.6. The number of nitrogens with two attached hydrogens (primary N) is 1. The lowest BCUT2D eigenvalue weighted by molar-refractivity contribution is 0.0523. The lowest BCUT2D eigenvalue weighted by atomic mass is 10.2. The van der Waals surface area contributed by atoms with Gasteiger partial charge in [-0.2, -0.15) is 9.50 Å². The third-order valence-electron chi connectivity index (χ3n) is 2.21. The van der Waals surface area contributed by atoms with Gasteiger partial charge < -0.3 is 15.8 Å². The second-order valence-corrected chi connectivity index (χ2v) is 5.19. The van der Waals surface area contributed by atoms with Crippen molar-refractivity contribution in [3.05, 3.63) is 22.1 Å². The summed E-state index contributed by atoms with van der Waals surface area (Å²) in [4.78, 5) is 31.2. The number of aromatic amines is 1. The summed E-state index contributed by atoms with van der Waals surface area (Å²) in [5.74, 6) is 0.239. The second kappa shape index (κ2) is 4.83. The highest BCUT2D eigenvalue weighted by molar-refractivity contribution is 5.67. The van der Waals surface area contributed by atoms with Crippen molar-refractivity contribution in [1.29, 1.82) is 0 Å². The average Bonchev–Trinajstić information content (AvgIpc) is 2.65. The minimum atomic E-state index is -0.586. The van der Waals surface area contributed by atoms with E-state index >= 15 is 0 Å². The number of anilines is 1. The lowest BCUT2D eigenvalue weighted by Gasteiger charge is -2.19. The van der Waals surface area contributed by atoms with Gasteiger partial charge in [0.05, 0.1) is 12.2 Å². The number of ether oxygens (including phenoxy) is 1. The van der Waals surface area contributed by atoms with E-state index in [0.29, 0.717) is 5.69 Å². The normalized spacial score (nSPS) is 11.6. The molecule has 0 bridgehead atoms. The summed E-state index contributed by atoms with van der Waals surface area (Å²) >= 11 is 0. The summed E-state index contributed by atoms with van der Waals surface area (Å²) in [7, 11) is 0. The maximum Gasteiger partial charge on any atom is 0.407 e. The Balaban J connectivity index is 2.11. The Kier molecular flexibility index (Phi) is 3.35. The number of aromatic nitrogens is 4. The smallest absolute Gasteiger partial charge is 0.407 e. The molecule has 0 atom stereocenters. The highest BCUT2D eigenvalue weighted by Gasteiger charge is 2.16. The molecule has 0 fully saturated rings. The van der Waals surface area contributed by atoms with Gasteiger partial charge in [-0.1, -0.05) is 0 Å². The molecular weight excluding hydrogens is 264 g/mol. The minimum absolute atomic E-state index is 0.0629. The molecule has 2 aromatic heterocycles. The fourth-order valence-corrected chi connectivity index (χ4v) is 1.51. The molecule has 0 saturated carbocycles. The van der Waals surface area contributed by atoms with Gasteiger partial charge in [0, 0.05) is 6.07 Å². The van der Waals surface area contributed by atoms with E-state index in [1.807, 2.05) is 0 Å². The van der Waals surface area contributed by atoms with Crippen LogP contribution in [0.2, 0.25) is 0 Å². The molecule has 9 nitrogen and oxygen atoms in total. The van der Waals surface area contributed by atoms with Crippen LogP contribution in [-0.2, 0) is 11.3 Å². The molecule has 108 valence electrons. The van der Waals surface area contributed by atoms with Crippen molar-refractivity contribution in [1.82, 2.24) is 24.9 Å². The van der Waals surface area contributed by atoms with E-state index in [1.54, 1.807) is 20.8 Å². The molecule has 9 heteroatoms. The predicted octanol–water partition coefficient (Wildman–Crippen LogP) is 0.0245. The molecule has 0 spiro atoms. The summed E-state index contributed by atoms with van der Waals surface area (Å²) in [6.07, 6.45) is -0.582. The first-order chi connectivity index (χ1) is 9.24. The molecule has 0 aliphatic rings. The summed E-state index contributed by atoms with van der Waals surface area (Å²) in [6.45, 7) is 5.34. The molecule has 0 saturated heterocycles. The van der Waals surface area contributed by atoms with Gasteiger partial charge in [0.15, 0.2) is 0 Å². The number of carbonyl (C=O) groups is 1. The largest absolute Gasteiger partial charge is 0.444 e. The fourth-order valence-electron chi connectivity index (χ4n) is 1.51. The Morgan fingerprint density at radius 3 is 2.85 bits per heavy atom. The molecule has 1 amide bonds. The number of hydrogen-bond donors (Lipinski definition) is 3. The third-order valence-corrected chi connectivity index (χ3v) is 2.21. The van der Waals surface area contributed by atoms with Crippen molar-refractivity contribution in [3.63, 3.8) is 0 Å². The standard InChI is InChI=1S/C11H16N6O3/c1-11(2,3)20-10(19)13-5-6-4-7(18)17-9(14-6)15-8(12)16-17/h4H,5H2,1-3H3,(H,13,19)(H3,12,14,15,16). The van der Waals surface area contributed by atoms with E-state index < -0.39 is 11.7 Å². The van der Waals surface area contributed by atoms with Gasteiger partial charge in [-0.3, -0.25) is 9.89 Å². The first-order valence-corrected chi connectivity index (χ1v) is 5.95. The minimum Gasteiger partial charge on any atom is -0.444 e. The van der Waals surface area contributed by atoms with Gasteiger partial charge in [-0.15, -0.1) is 0 Å². The van der Waals surface area contributed by atoms with Crippen LogP contribution in [-0.4, -0.2) is 31.3 Å². The van der Waals surface area contributed by atoms with Crippen LogP contribution in [0.25, 0.3) is 5.78 Å².